The van der Waals surface area contributed by atoms with Crippen molar-refractivity contribution < 1.29 is 26.7 Å². The van der Waals surface area contributed by atoms with E-state index < -0.39 is 33.0 Å². The van der Waals surface area contributed by atoms with Gasteiger partial charge >= 0.3 is 12.1 Å². The maximum Gasteiger partial charge on any atom is 0.348 e. The lowest BCUT2D eigenvalue weighted by molar-refractivity contribution is 0.130. The van der Waals surface area contributed by atoms with Gasteiger partial charge in [0.15, 0.2) is 0 Å². The Morgan fingerprint density at radius 1 is 1.58 bits per heavy atom. The minimum Gasteiger partial charge on any atom is -0.467 e. The molecular formula is C11H15F2N5O4S2. The quantitative estimate of drug-likeness (QED) is 0.659. The van der Waals surface area contributed by atoms with Gasteiger partial charge in [0.1, 0.15) is 0 Å². The normalized spacial score (nSPS) is 23.5. The number of ether oxygens (including phenoxy) is 1. The first kappa shape index (κ1) is 18.3. The molecule has 2 heterocycles. The lowest BCUT2D eigenvalue weighted by Gasteiger charge is -2.29. The minimum absolute atomic E-state index is 0.0535. The molecule has 134 valence electrons. The van der Waals surface area contributed by atoms with Crippen molar-refractivity contribution in [3.63, 3.8) is 0 Å². The second-order valence-corrected chi connectivity index (χ2v) is 8.16. The molecule has 2 aliphatic heterocycles. The molecule has 2 amide bonds. The van der Waals surface area contributed by atoms with Crippen LogP contribution in [0.5, 0.6) is 0 Å². The van der Waals surface area contributed by atoms with E-state index in [1.807, 2.05) is 0 Å². The third-order valence-corrected chi connectivity index (χ3v) is 6.73. The van der Waals surface area contributed by atoms with Crippen LogP contribution in [0, 0.1) is 0 Å². The number of methoxy groups -OCH3 is 1. The fourth-order valence-corrected chi connectivity index (χ4v) is 4.41. The van der Waals surface area contributed by atoms with E-state index in [4.69, 9.17) is 4.74 Å². The van der Waals surface area contributed by atoms with Crippen LogP contribution in [0.3, 0.4) is 0 Å². The SMILES string of the molecule is COC1=NC(C)=CN(NC(=O)NS(=O)(=O)C2(C(F)F)CC=CS2)N1. The topological polar surface area (TPSA) is 112 Å². The van der Waals surface area contributed by atoms with E-state index in [0.29, 0.717) is 17.5 Å². The molecule has 0 bridgehead atoms. The third kappa shape index (κ3) is 3.56. The fourth-order valence-electron chi connectivity index (χ4n) is 1.88. The van der Waals surface area contributed by atoms with Crippen molar-refractivity contribution in [3.05, 3.63) is 23.4 Å². The molecule has 0 aromatic rings. The lowest BCUT2D eigenvalue weighted by Crippen LogP contribution is -2.57. The largest absolute Gasteiger partial charge is 0.467 e. The summed E-state index contributed by atoms with van der Waals surface area (Å²) in [5.41, 5.74) is 5.09. The van der Waals surface area contributed by atoms with Crippen LogP contribution in [-0.2, 0) is 14.8 Å². The number of allylic oxidation sites excluding steroid dienone is 2. The van der Waals surface area contributed by atoms with Gasteiger partial charge < -0.3 is 4.74 Å². The van der Waals surface area contributed by atoms with E-state index in [1.54, 1.807) is 11.6 Å². The van der Waals surface area contributed by atoms with E-state index in [2.05, 4.69) is 15.8 Å². The number of urea groups is 1. The number of halogens is 2. The number of hydrazine groups is 2. The number of carbonyl (C=O) groups excluding carboxylic acids is 1. The number of hydrogen-bond donors (Lipinski definition) is 3. The van der Waals surface area contributed by atoms with E-state index in [9.17, 15) is 22.0 Å². The van der Waals surface area contributed by atoms with Gasteiger partial charge in [-0.25, -0.2) is 37.6 Å². The number of aliphatic imine (C=N–C) groups is 1. The summed E-state index contributed by atoms with van der Waals surface area (Å²) in [6.45, 7) is 1.61. The molecule has 13 heteroatoms. The molecule has 3 N–H and O–H groups in total. The zero-order chi connectivity index (χ0) is 18.0. The van der Waals surface area contributed by atoms with Crippen LogP contribution in [0.4, 0.5) is 13.6 Å². The number of amides is 2. The number of nitrogens with one attached hydrogen (secondary N) is 3. The first-order chi connectivity index (χ1) is 11.2. The number of amidine groups is 1. The number of rotatable bonds is 4. The highest BCUT2D eigenvalue weighted by Gasteiger charge is 2.54. The number of carbonyl (C=O) groups is 1. The second kappa shape index (κ2) is 6.84. The molecule has 0 saturated heterocycles. The molecule has 1 atom stereocenters. The van der Waals surface area contributed by atoms with Crippen LogP contribution in [0.15, 0.2) is 28.4 Å². The molecule has 0 aromatic carbocycles. The molecule has 9 nitrogen and oxygen atoms in total. The molecule has 2 aliphatic rings. The smallest absolute Gasteiger partial charge is 0.348 e. The molecule has 0 aromatic heterocycles. The maximum absolute atomic E-state index is 13.3. The Labute approximate surface area is 141 Å². The van der Waals surface area contributed by atoms with Gasteiger partial charge in [0.2, 0.25) is 4.08 Å². The van der Waals surface area contributed by atoms with Crippen LogP contribution in [0.2, 0.25) is 0 Å². The molecule has 0 radical (unpaired) electrons. The summed E-state index contributed by atoms with van der Waals surface area (Å²) in [7, 11) is -3.31. The summed E-state index contributed by atoms with van der Waals surface area (Å²) in [6.07, 6.45) is -0.929. The van der Waals surface area contributed by atoms with Gasteiger partial charge in [-0.1, -0.05) is 6.08 Å². The molecule has 2 rings (SSSR count). The number of alkyl halides is 2. The summed E-state index contributed by atoms with van der Waals surface area (Å²) in [5, 5.41) is 2.25. The van der Waals surface area contributed by atoms with Gasteiger partial charge in [-0.05, 0) is 12.3 Å². The Kier molecular flexibility index (Phi) is 5.22. The monoisotopic (exact) mass is 383 g/mol. The average Bonchev–Trinajstić information content (AvgIpc) is 2.97. The second-order valence-electron chi connectivity index (χ2n) is 4.73. The predicted molar refractivity (Wildman–Crippen MR) is 83.8 cm³/mol. The highest BCUT2D eigenvalue weighted by Crippen LogP contribution is 2.45. The van der Waals surface area contributed by atoms with Crippen LogP contribution in [0.1, 0.15) is 13.3 Å². The van der Waals surface area contributed by atoms with E-state index in [-0.39, 0.29) is 6.02 Å². The lowest BCUT2D eigenvalue weighted by atomic mass is 10.3. The Morgan fingerprint density at radius 3 is 2.83 bits per heavy atom. The van der Waals surface area contributed by atoms with Crippen LogP contribution in [-0.4, -0.2) is 43.2 Å². The molecule has 0 aliphatic carbocycles. The summed E-state index contributed by atoms with van der Waals surface area (Å²) >= 11 is 0.456. The molecular weight excluding hydrogens is 368 g/mol. The fraction of sp³-hybridized carbons (Fsp3) is 0.455. The maximum atomic E-state index is 13.3. The zero-order valence-corrected chi connectivity index (χ0v) is 14.2. The van der Waals surface area contributed by atoms with Gasteiger partial charge in [0.05, 0.1) is 19.0 Å². The number of sulfonamides is 1. The van der Waals surface area contributed by atoms with Crippen molar-refractivity contribution in [1.29, 1.82) is 0 Å². The van der Waals surface area contributed by atoms with Crippen molar-refractivity contribution >= 4 is 33.8 Å². The molecule has 0 saturated carbocycles. The Morgan fingerprint density at radius 2 is 2.29 bits per heavy atom. The zero-order valence-electron chi connectivity index (χ0n) is 12.6. The van der Waals surface area contributed by atoms with Gasteiger partial charge in [0.25, 0.3) is 16.4 Å². The molecule has 0 fully saturated rings. The summed E-state index contributed by atoms with van der Waals surface area (Å²) in [6, 6.07) is -1.16. The molecule has 1 unspecified atom stereocenters. The van der Waals surface area contributed by atoms with Gasteiger partial charge in [-0.3, -0.25) is 0 Å². The van der Waals surface area contributed by atoms with Crippen molar-refractivity contribution in [3.8, 4) is 0 Å². The van der Waals surface area contributed by atoms with Crippen LogP contribution in [0.25, 0.3) is 0 Å². The molecule has 0 spiro atoms. The first-order valence-corrected chi connectivity index (χ1v) is 8.87. The first-order valence-electron chi connectivity index (χ1n) is 6.51. The highest BCUT2D eigenvalue weighted by atomic mass is 32.3. The number of hydrogen-bond acceptors (Lipinski definition) is 8. The molecule has 24 heavy (non-hydrogen) atoms. The number of thioether (sulfide) groups is 1. The third-order valence-electron chi connectivity index (χ3n) is 3.01. The minimum atomic E-state index is -4.65. The van der Waals surface area contributed by atoms with Crippen LogP contribution >= 0.6 is 11.8 Å². The highest BCUT2D eigenvalue weighted by molar-refractivity contribution is 8.16. The van der Waals surface area contributed by atoms with Crippen molar-refractivity contribution in [2.45, 2.75) is 23.8 Å². The van der Waals surface area contributed by atoms with Gasteiger partial charge in [-0.2, -0.15) is 10.1 Å². The van der Waals surface area contributed by atoms with E-state index >= 15 is 0 Å². The summed E-state index contributed by atoms with van der Waals surface area (Å²) < 4.78 is 55.0. The summed E-state index contributed by atoms with van der Waals surface area (Å²) in [4.78, 5) is 15.8. The predicted octanol–water partition coefficient (Wildman–Crippen LogP) is 0.826. The van der Waals surface area contributed by atoms with E-state index in [1.165, 1.54) is 24.8 Å². The van der Waals surface area contributed by atoms with E-state index in [0.717, 1.165) is 5.12 Å². The van der Waals surface area contributed by atoms with Crippen LogP contribution < -0.4 is 15.6 Å². The Bertz CT molecular complexity index is 699. The average molecular weight is 383 g/mol. The van der Waals surface area contributed by atoms with Crippen molar-refractivity contribution in [2.24, 2.45) is 4.99 Å². The van der Waals surface area contributed by atoms with Crippen molar-refractivity contribution in [2.75, 3.05) is 7.11 Å². The standard InChI is InChI=1S/C11H15F2N5O4S2/c1-7-6-18(16-10(14-7)22-2)15-9(19)17-24(20,21)11(8(12)13)4-3-5-23-11/h3,5-6,8H,4H2,1-2H3,(H,14,16)(H2,15,17,19). The van der Waals surface area contributed by atoms with Crippen molar-refractivity contribution in [1.82, 2.24) is 20.7 Å². The Hall–Kier alpha value is -2.02. The van der Waals surface area contributed by atoms with Gasteiger partial charge in [-0.15, -0.1) is 11.8 Å². The van der Waals surface area contributed by atoms with Gasteiger partial charge in [0, 0.05) is 6.42 Å². The number of nitrogens with zero attached hydrogens (tertiary/aromatic N) is 2. The summed E-state index contributed by atoms with van der Waals surface area (Å²) in [5.74, 6) is 0. The Balaban J connectivity index is 2.05.